The van der Waals surface area contributed by atoms with E-state index in [0.717, 1.165) is 25.7 Å². The molecule has 1 saturated carbocycles. The molecule has 1 amide bonds. The normalized spacial score (nSPS) is 24.9. The number of rotatable bonds is 3. The van der Waals surface area contributed by atoms with E-state index in [4.69, 9.17) is 16.3 Å². The van der Waals surface area contributed by atoms with Crippen molar-refractivity contribution < 1.29 is 13.9 Å². The van der Waals surface area contributed by atoms with Gasteiger partial charge in [0.15, 0.2) is 12.3 Å². The highest BCUT2D eigenvalue weighted by Crippen LogP contribution is 2.27. The summed E-state index contributed by atoms with van der Waals surface area (Å²) in [5.74, 6) is 0. The van der Waals surface area contributed by atoms with Crippen LogP contribution in [0.5, 0.6) is 0 Å². The Balaban J connectivity index is 1.60. The van der Waals surface area contributed by atoms with Crippen molar-refractivity contribution in [3.63, 3.8) is 0 Å². The minimum Gasteiger partial charge on any atom is -0.441 e. The second-order valence-electron chi connectivity index (χ2n) is 5.89. The SMILES string of the molecule is O=C(NC1CCCC1)O[C@H]1CN(c2cn[nH]c(=O)c2Cl)C[C@@H]1F. The second kappa shape index (κ2) is 6.74. The number of nitrogens with zero attached hydrogens (tertiary/aromatic N) is 2. The quantitative estimate of drug-likeness (QED) is 0.870. The first-order valence-corrected chi connectivity index (χ1v) is 8.01. The molecule has 2 atom stereocenters. The zero-order chi connectivity index (χ0) is 16.4. The number of aromatic nitrogens is 2. The van der Waals surface area contributed by atoms with Crippen LogP contribution in [0.25, 0.3) is 0 Å². The number of carbonyl (C=O) groups excluding carboxylic acids is 1. The Hall–Kier alpha value is -1.83. The van der Waals surface area contributed by atoms with E-state index in [2.05, 4.69) is 15.5 Å². The summed E-state index contributed by atoms with van der Waals surface area (Å²) in [6.45, 7) is 0.121. The first-order chi connectivity index (χ1) is 11.0. The average molecular weight is 345 g/mol. The van der Waals surface area contributed by atoms with E-state index < -0.39 is 23.9 Å². The van der Waals surface area contributed by atoms with E-state index in [-0.39, 0.29) is 24.2 Å². The molecule has 0 spiro atoms. The molecule has 9 heteroatoms. The van der Waals surface area contributed by atoms with E-state index in [1.165, 1.54) is 6.20 Å². The first-order valence-electron chi connectivity index (χ1n) is 7.64. The predicted octanol–water partition coefficient (Wildman–Crippen LogP) is 1.62. The van der Waals surface area contributed by atoms with Crippen molar-refractivity contribution in [1.82, 2.24) is 15.5 Å². The number of amides is 1. The molecule has 1 aliphatic carbocycles. The summed E-state index contributed by atoms with van der Waals surface area (Å²) in [7, 11) is 0. The van der Waals surface area contributed by atoms with Crippen LogP contribution in [0, 0.1) is 0 Å². The molecular formula is C14H18ClFN4O3. The van der Waals surface area contributed by atoms with Crippen molar-refractivity contribution in [3.05, 3.63) is 21.6 Å². The summed E-state index contributed by atoms with van der Waals surface area (Å²) in [5.41, 5.74) is -0.205. The second-order valence-corrected chi connectivity index (χ2v) is 6.27. The van der Waals surface area contributed by atoms with Crippen molar-refractivity contribution >= 4 is 23.4 Å². The van der Waals surface area contributed by atoms with Gasteiger partial charge in [-0.15, -0.1) is 0 Å². The highest BCUT2D eigenvalue weighted by Gasteiger charge is 2.37. The molecule has 1 aromatic rings. The van der Waals surface area contributed by atoms with Crippen LogP contribution in [0.4, 0.5) is 14.9 Å². The summed E-state index contributed by atoms with van der Waals surface area (Å²) < 4.78 is 19.3. The number of hydrogen-bond acceptors (Lipinski definition) is 5. The average Bonchev–Trinajstić information content (AvgIpc) is 3.13. The van der Waals surface area contributed by atoms with Crippen LogP contribution in [-0.4, -0.2) is 47.7 Å². The van der Waals surface area contributed by atoms with Crippen molar-refractivity contribution in [2.45, 2.75) is 44.0 Å². The molecule has 1 saturated heterocycles. The number of H-pyrrole nitrogens is 1. The van der Waals surface area contributed by atoms with Crippen molar-refractivity contribution in [2.24, 2.45) is 0 Å². The van der Waals surface area contributed by atoms with Gasteiger partial charge in [-0.25, -0.2) is 14.3 Å². The molecule has 1 aromatic heterocycles. The fraction of sp³-hybridized carbons (Fsp3) is 0.643. The molecular weight excluding hydrogens is 327 g/mol. The summed E-state index contributed by atoms with van der Waals surface area (Å²) in [4.78, 5) is 24.9. The van der Waals surface area contributed by atoms with Gasteiger partial charge < -0.3 is 15.0 Å². The fourth-order valence-corrected chi connectivity index (χ4v) is 3.26. The predicted molar refractivity (Wildman–Crippen MR) is 82.6 cm³/mol. The van der Waals surface area contributed by atoms with Crippen LogP contribution < -0.4 is 15.8 Å². The van der Waals surface area contributed by atoms with Crippen LogP contribution in [0.3, 0.4) is 0 Å². The number of carbonyl (C=O) groups is 1. The Labute approximate surface area is 137 Å². The lowest BCUT2D eigenvalue weighted by molar-refractivity contribution is 0.0682. The Morgan fingerprint density at radius 1 is 1.43 bits per heavy atom. The minimum absolute atomic E-state index is 0.00771. The summed E-state index contributed by atoms with van der Waals surface area (Å²) in [6, 6.07) is 0.115. The molecule has 2 aliphatic rings. The molecule has 3 rings (SSSR count). The van der Waals surface area contributed by atoms with Gasteiger partial charge in [0.25, 0.3) is 5.56 Å². The van der Waals surface area contributed by atoms with E-state index in [1.54, 1.807) is 4.90 Å². The maximum Gasteiger partial charge on any atom is 0.407 e. The van der Waals surface area contributed by atoms with Crippen molar-refractivity contribution in [1.29, 1.82) is 0 Å². The van der Waals surface area contributed by atoms with Gasteiger partial charge in [-0.05, 0) is 12.8 Å². The Morgan fingerprint density at radius 3 is 2.91 bits per heavy atom. The van der Waals surface area contributed by atoms with Crippen molar-refractivity contribution in [3.8, 4) is 0 Å². The molecule has 2 fully saturated rings. The molecule has 1 aliphatic heterocycles. The summed E-state index contributed by atoms with van der Waals surface area (Å²) >= 11 is 5.92. The zero-order valence-corrected chi connectivity index (χ0v) is 13.2. The highest BCUT2D eigenvalue weighted by atomic mass is 35.5. The van der Waals surface area contributed by atoms with Gasteiger partial charge >= 0.3 is 6.09 Å². The van der Waals surface area contributed by atoms with Gasteiger partial charge in [-0.3, -0.25) is 4.79 Å². The standard InChI is InChI=1S/C14H18ClFN4O3/c15-12-10(5-17-19-13(12)21)20-6-9(16)11(7-20)23-14(22)18-8-3-1-2-4-8/h5,8-9,11H,1-4,6-7H2,(H,18,22)(H,19,21)/t9-,11-/m0/s1. The maximum absolute atomic E-state index is 14.1. The number of ether oxygens (including phenoxy) is 1. The minimum atomic E-state index is -1.35. The van der Waals surface area contributed by atoms with Crippen molar-refractivity contribution in [2.75, 3.05) is 18.0 Å². The van der Waals surface area contributed by atoms with E-state index in [9.17, 15) is 14.0 Å². The molecule has 0 unspecified atom stereocenters. The smallest absolute Gasteiger partial charge is 0.407 e. The van der Waals surface area contributed by atoms with Crippen LogP contribution in [0.2, 0.25) is 5.02 Å². The van der Waals surface area contributed by atoms with Gasteiger partial charge in [-0.2, -0.15) is 5.10 Å². The summed E-state index contributed by atoms with van der Waals surface area (Å²) in [5, 5.41) is 8.58. The van der Waals surface area contributed by atoms with Crippen LogP contribution >= 0.6 is 11.6 Å². The number of halogens is 2. The number of anilines is 1. The molecule has 0 aromatic carbocycles. The van der Waals surface area contributed by atoms with Gasteiger partial charge in [0.2, 0.25) is 0 Å². The molecule has 0 radical (unpaired) electrons. The lowest BCUT2D eigenvalue weighted by Gasteiger charge is -2.19. The van der Waals surface area contributed by atoms with Crippen LogP contribution in [0.15, 0.2) is 11.0 Å². The molecule has 23 heavy (non-hydrogen) atoms. The number of alkyl carbamates (subject to hydrolysis) is 1. The number of aromatic amines is 1. The van der Waals surface area contributed by atoms with Gasteiger partial charge in [-0.1, -0.05) is 24.4 Å². The third-order valence-electron chi connectivity index (χ3n) is 4.25. The third-order valence-corrected chi connectivity index (χ3v) is 4.62. The molecule has 2 N–H and O–H groups in total. The van der Waals surface area contributed by atoms with Gasteiger partial charge in [0.1, 0.15) is 5.02 Å². The lowest BCUT2D eigenvalue weighted by atomic mass is 10.2. The molecule has 126 valence electrons. The van der Waals surface area contributed by atoms with E-state index in [0.29, 0.717) is 5.69 Å². The first kappa shape index (κ1) is 16.0. The largest absolute Gasteiger partial charge is 0.441 e. The van der Waals surface area contributed by atoms with Crippen LogP contribution in [-0.2, 0) is 4.74 Å². The Morgan fingerprint density at radius 2 is 2.17 bits per heavy atom. The molecule has 7 nitrogen and oxygen atoms in total. The molecule has 2 heterocycles. The topological polar surface area (TPSA) is 87.3 Å². The number of hydrogen-bond donors (Lipinski definition) is 2. The van der Waals surface area contributed by atoms with Crippen LogP contribution in [0.1, 0.15) is 25.7 Å². The third kappa shape index (κ3) is 3.57. The summed E-state index contributed by atoms with van der Waals surface area (Å²) in [6.07, 6.45) is 2.55. The molecule has 0 bridgehead atoms. The van der Waals surface area contributed by atoms with Gasteiger partial charge in [0, 0.05) is 6.04 Å². The van der Waals surface area contributed by atoms with E-state index >= 15 is 0 Å². The Bertz CT molecular complexity index is 635. The van der Waals surface area contributed by atoms with E-state index in [1.807, 2.05) is 0 Å². The number of alkyl halides is 1. The van der Waals surface area contributed by atoms with Gasteiger partial charge in [0.05, 0.1) is 25.0 Å². The highest BCUT2D eigenvalue weighted by molar-refractivity contribution is 6.33. The number of nitrogens with one attached hydrogen (secondary N) is 2. The Kier molecular flexibility index (Phi) is 4.70. The monoisotopic (exact) mass is 344 g/mol. The lowest BCUT2D eigenvalue weighted by Crippen LogP contribution is -2.38. The maximum atomic E-state index is 14.1. The zero-order valence-electron chi connectivity index (χ0n) is 12.4. The fourth-order valence-electron chi connectivity index (χ4n) is 3.04.